The number of hydrogen-bond donors (Lipinski definition) is 4. The molecule has 3 aromatic rings. The summed E-state index contributed by atoms with van der Waals surface area (Å²) in [5.41, 5.74) is 13.4. The summed E-state index contributed by atoms with van der Waals surface area (Å²) >= 11 is 0. The van der Waals surface area contributed by atoms with Crippen LogP contribution in [0.2, 0.25) is 0 Å². The molecule has 5 aliphatic rings. The smallest absolute Gasteiger partial charge is 0.408 e. The van der Waals surface area contributed by atoms with Crippen molar-refractivity contribution in [1.82, 2.24) is 21.3 Å². The van der Waals surface area contributed by atoms with Crippen LogP contribution in [0.25, 0.3) is 21.6 Å². The van der Waals surface area contributed by atoms with Crippen LogP contribution in [0.1, 0.15) is 136 Å². The maximum Gasteiger partial charge on any atom is 0.408 e. The van der Waals surface area contributed by atoms with Crippen LogP contribution in [-0.2, 0) is 35.0 Å². The van der Waals surface area contributed by atoms with Gasteiger partial charge in [-0.25, -0.2) is 9.59 Å². The molecule has 4 fully saturated rings. The predicted octanol–water partition coefficient (Wildman–Crippen LogP) is 10.8. The number of ether oxygens (including phenoxy) is 3. The van der Waals surface area contributed by atoms with Crippen LogP contribution in [0.4, 0.5) is 9.59 Å². The highest BCUT2D eigenvalue weighted by atomic mass is 16.6. The molecule has 15 heteroatoms. The van der Waals surface area contributed by atoms with Gasteiger partial charge in [0.05, 0.1) is 7.11 Å². The van der Waals surface area contributed by atoms with Crippen LogP contribution in [0.15, 0.2) is 84.0 Å². The van der Waals surface area contributed by atoms with Crippen molar-refractivity contribution in [3.8, 4) is 11.1 Å². The minimum absolute atomic E-state index is 0.000540. The molecule has 4 N–H and O–H groups in total. The first-order valence-corrected chi connectivity index (χ1v) is 27.1. The van der Waals surface area contributed by atoms with Crippen LogP contribution >= 0.6 is 0 Å². The predicted molar refractivity (Wildman–Crippen MR) is 283 cm³/mol. The van der Waals surface area contributed by atoms with E-state index in [0.29, 0.717) is 25.7 Å². The van der Waals surface area contributed by atoms with Crippen molar-refractivity contribution in [3.05, 3.63) is 106 Å². The van der Waals surface area contributed by atoms with Crippen LogP contribution < -0.4 is 21.3 Å². The van der Waals surface area contributed by atoms with Crippen molar-refractivity contribution in [2.45, 2.75) is 161 Å². The van der Waals surface area contributed by atoms with Crippen LogP contribution in [0, 0.1) is 52.3 Å². The van der Waals surface area contributed by atoms with Crippen LogP contribution in [0.3, 0.4) is 0 Å². The van der Waals surface area contributed by atoms with Crippen molar-refractivity contribution >= 4 is 30.0 Å². The zero-order valence-corrected chi connectivity index (χ0v) is 44.9. The zero-order chi connectivity index (χ0) is 53.1. The van der Waals surface area contributed by atoms with Gasteiger partial charge in [-0.3, -0.25) is 14.4 Å². The van der Waals surface area contributed by atoms with Gasteiger partial charge >= 0.3 is 18.2 Å². The summed E-state index contributed by atoms with van der Waals surface area (Å²) < 4.78 is 16.8. The topological polar surface area (TPSA) is 210 Å². The van der Waals surface area contributed by atoms with E-state index in [1.165, 1.54) is 7.11 Å². The normalized spacial score (nSPS) is 29.0. The Morgan fingerprint density at radius 1 is 0.797 bits per heavy atom. The van der Waals surface area contributed by atoms with Crippen LogP contribution in [0.5, 0.6) is 0 Å². The van der Waals surface area contributed by atoms with E-state index in [0.717, 1.165) is 53.5 Å². The molecule has 0 bridgehead atoms. The first-order chi connectivity index (χ1) is 35.2. The van der Waals surface area contributed by atoms with Gasteiger partial charge in [0.1, 0.15) is 24.3 Å². The summed E-state index contributed by atoms with van der Waals surface area (Å²) in [6.45, 7) is 16.2. The summed E-state index contributed by atoms with van der Waals surface area (Å²) in [6, 6.07) is 23.4. The van der Waals surface area contributed by atoms with E-state index in [2.05, 4.69) is 76.3 Å². The Hall–Kier alpha value is -6.08. The molecule has 3 aromatic carbocycles. The van der Waals surface area contributed by atoms with Crippen molar-refractivity contribution < 1.29 is 38.2 Å². The molecule has 4 amide bonds. The molecule has 0 saturated heterocycles. The number of fused-ring (bicyclic) bond motifs is 8. The molecule has 15 nitrogen and oxygen atoms in total. The number of nitrogens with one attached hydrogen (secondary N) is 4. The molecule has 4 saturated carbocycles. The number of carbonyl (C=O) groups is 5. The third-order valence-electron chi connectivity index (χ3n) is 18.3. The lowest BCUT2D eigenvalue weighted by Crippen LogP contribution is -2.68. The monoisotopic (exact) mass is 1010 g/mol. The lowest BCUT2D eigenvalue weighted by molar-refractivity contribution is -0.154. The number of rotatable bonds is 16. The molecule has 0 aliphatic heterocycles. The first-order valence-electron chi connectivity index (χ1n) is 27.1. The Morgan fingerprint density at radius 3 is 2.09 bits per heavy atom. The molecular formula is C59H79N7O8. The average Bonchev–Trinajstić information content (AvgIpc) is 3.89. The van der Waals surface area contributed by atoms with Crippen molar-refractivity contribution in [2.75, 3.05) is 13.7 Å². The van der Waals surface area contributed by atoms with Gasteiger partial charge in [0.2, 0.25) is 11.8 Å². The van der Waals surface area contributed by atoms with Crippen molar-refractivity contribution in [3.63, 3.8) is 0 Å². The third kappa shape index (κ3) is 11.3. The van der Waals surface area contributed by atoms with Gasteiger partial charge in [-0.15, -0.1) is 0 Å². The maximum absolute atomic E-state index is 15.4. The van der Waals surface area contributed by atoms with Gasteiger partial charge in [-0.05, 0) is 158 Å². The molecule has 5 aliphatic carbocycles. The largest absolute Gasteiger partial charge is 0.469 e. The van der Waals surface area contributed by atoms with E-state index in [1.807, 2.05) is 68.4 Å². The summed E-state index contributed by atoms with van der Waals surface area (Å²) in [5, 5.41) is 17.3. The van der Waals surface area contributed by atoms with E-state index >= 15 is 4.79 Å². The Kier molecular flexibility index (Phi) is 16.4. The summed E-state index contributed by atoms with van der Waals surface area (Å²) in [6.07, 6.45) is 5.01. The molecule has 0 radical (unpaired) electrons. The highest BCUT2D eigenvalue weighted by Gasteiger charge is 2.66. The number of esters is 1. The zero-order valence-electron chi connectivity index (χ0n) is 44.9. The van der Waals surface area contributed by atoms with E-state index in [9.17, 15) is 24.7 Å². The van der Waals surface area contributed by atoms with E-state index in [-0.39, 0.29) is 108 Å². The molecule has 398 valence electrons. The number of methoxy groups -OCH3 is 1. The van der Waals surface area contributed by atoms with Gasteiger partial charge < -0.3 is 35.5 Å². The van der Waals surface area contributed by atoms with Crippen molar-refractivity contribution in [2.24, 2.45) is 57.4 Å². The molecular weight excluding hydrogens is 935 g/mol. The van der Waals surface area contributed by atoms with Crippen molar-refractivity contribution in [1.29, 1.82) is 0 Å². The Balaban J connectivity index is 1.12. The first kappa shape index (κ1) is 54.2. The molecule has 0 aromatic heterocycles. The fraction of sp³-hybridized carbons (Fsp3) is 0.610. The van der Waals surface area contributed by atoms with Gasteiger partial charge in [0.25, 0.3) is 0 Å². The standard InChI is InChI=1S/C59H79N7O8/c1-34(2)52(64-56(71)74-57(4,5)6)54(69)61-47-31-37-30-38(65-66-60)27-28-58(37,7)46-32-49(59(8)44(24-25-45(59)51(46)47)35(3)23-26-50(67)72-9)63-53(68)48(29-36-17-11-10-12-18-36)62-55(70)73-33-43-41-21-15-13-19-39(41)40-20-14-16-22-42(40)43/h10-22,34-35,37-38,43-49,51-52H,23-33H2,1-9H3,(H,61,69)(H,62,70)(H,63,68)(H,64,71)/t35-,37+,38-,44-,45+,46+,47-,48+,49+,51+,52+,58+,59-/m1/s1. The molecule has 8 rings (SSSR count). The molecule has 74 heavy (non-hydrogen) atoms. The minimum Gasteiger partial charge on any atom is -0.469 e. The molecule has 0 spiro atoms. The highest BCUT2D eigenvalue weighted by molar-refractivity contribution is 5.87. The molecule has 13 atom stereocenters. The fourth-order valence-corrected chi connectivity index (χ4v) is 14.8. The third-order valence-corrected chi connectivity index (χ3v) is 18.3. The molecule has 0 unspecified atom stereocenters. The van der Waals surface area contributed by atoms with Gasteiger partial charge in [0, 0.05) is 41.8 Å². The summed E-state index contributed by atoms with van der Waals surface area (Å²) in [4.78, 5) is 73.2. The Bertz CT molecular complexity index is 2530. The van der Waals surface area contributed by atoms with Gasteiger partial charge in [-0.2, -0.15) is 0 Å². The summed E-state index contributed by atoms with van der Waals surface area (Å²) in [7, 11) is 1.41. The summed E-state index contributed by atoms with van der Waals surface area (Å²) in [5.74, 6) is -0.915. The number of amides is 4. The van der Waals surface area contributed by atoms with E-state index < -0.39 is 35.3 Å². The number of hydrogen-bond acceptors (Lipinski definition) is 9. The SMILES string of the molecule is COC(=O)CC[C@@H](C)[C@H]1CC[C@H]2[C@@H]3[C@H](NC(=O)[C@@H](NC(=O)OC(C)(C)C)C(C)C)C[C@@H]4C[C@H](N=[N+]=[N-])CC[C@]4(C)[C@H]3C[C@H](NC(=O)[C@H](Cc3ccccc3)NC(=O)OCC3c4ccccc4-c4ccccc43)[C@]12C. The molecule has 0 heterocycles. The number of azide groups is 1. The fourth-order valence-electron chi connectivity index (χ4n) is 14.8. The Morgan fingerprint density at radius 2 is 1.46 bits per heavy atom. The lowest BCUT2D eigenvalue weighted by Gasteiger charge is -2.65. The number of nitrogens with zero attached hydrogens (tertiary/aromatic N) is 3. The van der Waals surface area contributed by atoms with Gasteiger partial charge in [0.15, 0.2) is 0 Å². The van der Waals surface area contributed by atoms with E-state index in [4.69, 9.17) is 14.2 Å². The minimum atomic E-state index is -0.976. The Labute approximate surface area is 437 Å². The van der Waals surface area contributed by atoms with Crippen LogP contribution in [-0.4, -0.2) is 79.5 Å². The number of alkyl carbamates (subject to hydrolysis) is 2. The van der Waals surface area contributed by atoms with Gasteiger partial charge in [-0.1, -0.05) is 119 Å². The quantitative estimate of drug-likeness (QED) is 0.0356. The second-order valence-electron chi connectivity index (χ2n) is 24.0. The van der Waals surface area contributed by atoms with E-state index in [1.54, 1.807) is 20.8 Å². The second kappa shape index (κ2) is 22.4. The second-order valence-corrected chi connectivity index (χ2v) is 24.0. The number of carbonyl (C=O) groups excluding carboxylic acids is 5. The lowest BCUT2D eigenvalue weighted by atomic mass is 9.42. The number of benzene rings is 3. The highest BCUT2D eigenvalue weighted by Crippen LogP contribution is 2.68. The average molecular weight is 1010 g/mol. The maximum atomic E-state index is 15.4.